The van der Waals surface area contributed by atoms with E-state index < -0.39 is 17.6 Å². The smallest absolute Gasteiger partial charge is 0.315 e. The van der Waals surface area contributed by atoms with Crippen molar-refractivity contribution in [2.45, 2.75) is 91.0 Å². The summed E-state index contributed by atoms with van der Waals surface area (Å²) in [5.41, 5.74) is 8.14. The van der Waals surface area contributed by atoms with Crippen molar-refractivity contribution in [2.75, 3.05) is 32.6 Å². The maximum Gasteiger partial charge on any atom is 0.315 e. The Morgan fingerprint density at radius 2 is 1.96 bits per heavy atom. The van der Waals surface area contributed by atoms with Gasteiger partial charge in [0.2, 0.25) is 5.88 Å². The number of ether oxygens (including phenoxy) is 1. The summed E-state index contributed by atoms with van der Waals surface area (Å²) < 4.78 is 20.9. The number of hydrogen-bond donors (Lipinski definition) is 4. The first-order valence-corrected chi connectivity index (χ1v) is 19.0. The van der Waals surface area contributed by atoms with Crippen LogP contribution in [0.1, 0.15) is 88.8 Å². The summed E-state index contributed by atoms with van der Waals surface area (Å²) in [6.45, 7) is 11.7. The normalized spacial score (nSPS) is 20.0. The maximum absolute atomic E-state index is 15.3. The minimum Gasteiger partial charge on any atom is -0.481 e. The van der Waals surface area contributed by atoms with Gasteiger partial charge in [-0.25, -0.2) is 19.6 Å². The number of aromatic nitrogens is 1. The predicted octanol–water partition coefficient (Wildman–Crippen LogP) is 8.08. The van der Waals surface area contributed by atoms with Gasteiger partial charge in [0, 0.05) is 53.6 Å². The van der Waals surface area contributed by atoms with E-state index in [2.05, 4.69) is 49.1 Å². The molecule has 3 heterocycles. The van der Waals surface area contributed by atoms with E-state index in [0.29, 0.717) is 51.4 Å². The summed E-state index contributed by atoms with van der Waals surface area (Å²) in [6.07, 6.45) is 9.14. The maximum atomic E-state index is 15.3. The number of aryl methyl sites for hydroxylation is 1. The van der Waals surface area contributed by atoms with Crippen LogP contribution in [0.5, 0.6) is 5.88 Å². The Morgan fingerprint density at radius 3 is 2.66 bits per heavy atom. The lowest BCUT2D eigenvalue weighted by atomic mass is 9.83. The molecule has 6 rings (SSSR count). The average molecular weight is 747 g/mol. The molecule has 0 spiro atoms. The molecular formula is C41H52ClFN6O4. The molecule has 0 saturated carbocycles. The first-order valence-electron chi connectivity index (χ1n) is 18.6. The summed E-state index contributed by atoms with van der Waals surface area (Å²) in [4.78, 5) is 41.3. The number of nitrogens with one attached hydrogen (secondary N) is 4. The van der Waals surface area contributed by atoms with Gasteiger partial charge in [0.15, 0.2) is 0 Å². The number of anilines is 1. The summed E-state index contributed by atoms with van der Waals surface area (Å²) in [5, 5.41) is 10.3. The summed E-state index contributed by atoms with van der Waals surface area (Å²) in [6, 6.07) is 10.2. The lowest BCUT2D eigenvalue weighted by Gasteiger charge is -2.38. The zero-order valence-corrected chi connectivity index (χ0v) is 32.6. The lowest BCUT2D eigenvalue weighted by molar-refractivity contribution is -0.131. The second-order valence-electron chi connectivity index (χ2n) is 14.4. The molecule has 4 amide bonds. The molecule has 284 valence electrons. The zero-order chi connectivity index (χ0) is 38.4. The third kappa shape index (κ3) is 8.68. The van der Waals surface area contributed by atoms with Crippen molar-refractivity contribution in [3.05, 3.63) is 75.6 Å². The highest BCUT2D eigenvalue weighted by Gasteiger charge is 2.33. The predicted molar refractivity (Wildman–Crippen MR) is 208 cm³/mol. The number of hydrogen-bond acceptors (Lipinski definition) is 6. The highest BCUT2D eigenvalue weighted by atomic mass is 35.5. The minimum absolute atomic E-state index is 0.00671. The lowest BCUT2D eigenvalue weighted by Crippen LogP contribution is -2.58. The quantitative estimate of drug-likeness (QED) is 0.156. The Morgan fingerprint density at radius 1 is 1.21 bits per heavy atom. The highest BCUT2D eigenvalue weighted by molar-refractivity contribution is 6.36. The number of nitrogens with zero attached hydrogens (tertiary/aromatic N) is 2. The van der Waals surface area contributed by atoms with Crippen LogP contribution in [-0.2, 0) is 16.0 Å². The summed E-state index contributed by atoms with van der Waals surface area (Å²) in [7, 11) is 3.16. The number of halogens is 2. The fourth-order valence-corrected chi connectivity index (χ4v) is 7.63. The van der Waals surface area contributed by atoms with E-state index in [9.17, 15) is 14.4 Å². The number of benzene rings is 2. The second kappa shape index (κ2) is 17.1. The first-order chi connectivity index (χ1) is 25.3. The van der Waals surface area contributed by atoms with Gasteiger partial charge in [-0.15, -0.1) is 0 Å². The van der Waals surface area contributed by atoms with Crippen molar-refractivity contribution < 1.29 is 23.5 Å². The molecule has 2 aliphatic heterocycles. The molecule has 1 fully saturated rings. The molecule has 12 heteroatoms. The first kappa shape index (κ1) is 39.7. The van der Waals surface area contributed by atoms with Gasteiger partial charge in [-0.3, -0.25) is 14.6 Å². The molecule has 3 aliphatic rings. The molecule has 3 atom stereocenters. The van der Waals surface area contributed by atoms with Gasteiger partial charge in [-0.2, -0.15) is 0 Å². The fourth-order valence-electron chi connectivity index (χ4n) is 7.32. The molecular weight excluding hydrogens is 695 g/mol. The van der Waals surface area contributed by atoms with Gasteiger partial charge in [0.25, 0.3) is 11.8 Å². The molecule has 0 radical (unpaired) electrons. The number of amides is 4. The van der Waals surface area contributed by atoms with Crippen LogP contribution in [0.2, 0.25) is 5.02 Å². The van der Waals surface area contributed by atoms with E-state index >= 15 is 4.39 Å². The number of carbonyl (C=O) groups is 3. The van der Waals surface area contributed by atoms with Crippen LogP contribution in [0.25, 0.3) is 22.4 Å². The SMILES string of the molecule is CC[C@@H](C)CCC1(CC)CCNC(=O)N1.COc1nc(-c2cccc(-c3c(F)ccc(NC(=O)C4=CCNN(C)C4=O)c3C)c2Cl)cc2c1C(C)CC2. The molecule has 2 unspecified atom stereocenters. The molecule has 10 nitrogen and oxygen atoms in total. The summed E-state index contributed by atoms with van der Waals surface area (Å²) in [5.74, 6) is 0.228. The summed E-state index contributed by atoms with van der Waals surface area (Å²) >= 11 is 6.91. The Bertz CT molecular complexity index is 1900. The van der Waals surface area contributed by atoms with E-state index in [-0.39, 0.29) is 22.7 Å². The standard InChI is InChI=1S/C29H28ClFN4O3.C12H24N2O/c1-15-8-9-17-14-23(34-28(38-4)24(15)17)18-6-5-7-19(26(18)30)25-16(2)22(11-10-21(25)31)33-27(36)20-12-13-32-35(3)29(20)37;1-4-10(3)6-7-12(5-2)8-9-13-11(15)14-12/h5-7,10-12,14-15,32H,8-9,13H2,1-4H3,(H,33,36);10H,4-9H2,1-3H3,(H2,13,14,15)/t;10-,12?/m.1/s1. The van der Waals surface area contributed by atoms with Crippen LogP contribution in [0.4, 0.5) is 14.9 Å². The zero-order valence-electron chi connectivity index (χ0n) is 31.8. The van der Waals surface area contributed by atoms with Crippen LogP contribution in [0.15, 0.2) is 48.0 Å². The molecule has 1 saturated heterocycles. The van der Waals surface area contributed by atoms with E-state index in [0.717, 1.165) is 50.1 Å². The number of hydrazine groups is 1. The van der Waals surface area contributed by atoms with Crippen molar-refractivity contribution in [1.29, 1.82) is 0 Å². The molecule has 1 aromatic heterocycles. The van der Waals surface area contributed by atoms with Crippen molar-refractivity contribution in [1.82, 2.24) is 26.1 Å². The fraction of sp³-hybridized carbons (Fsp3) is 0.463. The van der Waals surface area contributed by atoms with Crippen LogP contribution >= 0.6 is 11.6 Å². The van der Waals surface area contributed by atoms with Gasteiger partial charge in [-0.1, -0.05) is 70.0 Å². The van der Waals surface area contributed by atoms with Crippen LogP contribution in [-0.4, -0.2) is 60.6 Å². The van der Waals surface area contributed by atoms with Crippen molar-refractivity contribution >= 4 is 35.1 Å². The van der Waals surface area contributed by atoms with Crippen LogP contribution < -0.4 is 26.1 Å². The van der Waals surface area contributed by atoms with E-state index in [4.69, 9.17) is 21.3 Å². The Balaban J connectivity index is 0.000000303. The van der Waals surface area contributed by atoms with E-state index in [1.54, 1.807) is 33.2 Å². The number of rotatable bonds is 10. The number of pyridine rings is 1. The Kier molecular flexibility index (Phi) is 12.8. The van der Waals surface area contributed by atoms with Crippen LogP contribution in [0, 0.1) is 18.7 Å². The average Bonchev–Trinajstić information content (AvgIpc) is 3.53. The number of methoxy groups -OCH3 is 1. The number of carbonyl (C=O) groups excluding carboxylic acids is 3. The third-order valence-electron chi connectivity index (χ3n) is 11.0. The van der Waals surface area contributed by atoms with Gasteiger partial charge in [-0.05, 0) is 86.6 Å². The molecule has 3 aromatic rings. The Hall–Kier alpha value is -4.48. The van der Waals surface area contributed by atoms with Gasteiger partial charge < -0.3 is 20.7 Å². The van der Waals surface area contributed by atoms with Crippen molar-refractivity contribution in [3.63, 3.8) is 0 Å². The van der Waals surface area contributed by atoms with E-state index in [1.807, 2.05) is 12.1 Å². The molecule has 4 N–H and O–H groups in total. The third-order valence-corrected chi connectivity index (χ3v) is 11.4. The number of likely N-dealkylation sites (N-methyl/N-ethyl adjacent to an activating group) is 1. The van der Waals surface area contributed by atoms with E-state index in [1.165, 1.54) is 41.6 Å². The molecule has 1 aliphatic carbocycles. The molecule has 53 heavy (non-hydrogen) atoms. The topological polar surface area (TPSA) is 125 Å². The van der Waals surface area contributed by atoms with Gasteiger partial charge in [0.1, 0.15) is 11.4 Å². The monoisotopic (exact) mass is 746 g/mol. The van der Waals surface area contributed by atoms with Gasteiger partial charge in [0.05, 0.1) is 17.8 Å². The van der Waals surface area contributed by atoms with Crippen LogP contribution in [0.3, 0.4) is 0 Å². The second-order valence-corrected chi connectivity index (χ2v) is 14.8. The largest absolute Gasteiger partial charge is 0.481 e. The van der Waals surface area contributed by atoms with Crippen molar-refractivity contribution in [3.8, 4) is 28.3 Å². The minimum atomic E-state index is -0.562. The molecule has 2 aromatic carbocycles. The van der Waals surface area contributed by atoms with Gasteiger partial charge >= 0.3 is 6.03 Å². The number of fused-ring (bicyclic) bond motifs is 1. The highest BCUT2D eigenvalue weighted by Crippen LogP contribution is 2.44. The number of urea groups is 1. The molecule has 0 bridgehead atoms. The van der Waals surface area contributed by atoms with Crippen molar-refractivity contribution in [2.24, 2.45) is 5.92 Å². The Labute approximate surface area is 317 Å².